The first-order valence-electron chi connectivity index (χ1n) is 7.28. The molecule has 0 bridgehead atoms. The Bertz CT molecular complexity index is 494. The topological polar surface area (TPSA) is 111 Å². The first-order valence-corrected chi connectivity index (χ1v) is 8.31. The first kappa shape index (κ1) is 19.9. The molecule has 0 radical (unpaired) electrons. The number of ether oxygens (including phenoxy) is 2. The van der Waals surface area contributed by atoms with Crippen molar-refractivity contribution in [3.05, 3.63) is 0 Å². The van der Waals surface area contributed by atoms with E-state index in [0.717, 1.165) is 0 Å². The first-order chi connectivity index (χ1) is 10.3. The van der Waals surface area contributed by atoms with Crippen molar-refractivity contribution in [3.8, 4) is 0 Å². The molecular weight excluding hydrogens is 326 g/mol. The minimum Gasteiger partial charge on any atom is -0.458 e. The van der Waals surface area contributed by atoms with E-state index in [9.17, 15) is 13.8 Å². The standard InChI is InChI=1S/C14H25NO7S/c1-12(2,3)20-10(16)14(8-7-9(14)22-23(18)19)15-11(17)21-13(4,5)6/h9H,7-8H2,1-6H3,(H,15,17)(H,18,19)/t9?,14-/m0/s1. The maximum Gasteiger partial charge on any atom is 0.408 e. The summed E-state index contributed by atoms with van der Waals surface area (Å²) in [5.41, 5.74) is -3.06. The Kier molecular flexibility index (Phi) is 5.82. The minimum atomic E-state index is -2.56. The van der Waals surface area contributed by atoms with Crippen LogP contribution < -0.4 is 5.32 Å². The molecule has 134 valence electrons. The van der Waals surface area contributed by atoms with E-state index in [4.69, 9.17) is 18.2 Å². The summed E-state index contributed by atoms with van der Waals surface area (Å²) in [4.78, 5) is 24.5. The van der Waals surface area contributed by atoms with Crippen molar-refractivity contribution in [1.29, 1.82) is 0 Å². The number of amides is 1. The second-order valence-electron chi connectivity index (χ2n) is 7.44. The van der Waals surface area contributed by atoms with Gasteiger partial charge >= 0.3 is 23.4 Å². The predicted octanol–water partition coefficient (Wildman–Crippen LogP) is 1.91. The molecule has 9 heteroatoms. The number of rotatable bonds is 4. The van der Waals surface area contributed by atoms with Crippen LogP contribution in [0.25, 0.3) is 0 Å². The summed E-state index contributed by atoms with van der Waals surface area (Å²) in [6.45, 7) is 10.1. The number of hydrogen-bond acceptors (Lipinski definition) is 6. The number of carbonyl (C=O) groups is 2. The van der Waals surface area contributed by atoms with Gasteiger partial charge in [-0.25, -0.2) is 9.59 Å². The Morgan fingerprint density at radius 2 is 1.65 bits per heavy atom. The summed E-state index contributed by atoms with van der Waals surface area (Å²) in [5, 5.41) is 2.46. The normalized spacial score (nSPS) is 26.0. The molecule has 1 amide bonds. The summed E-state index contributed by atoms with van der Waals surface area (Å²) in [5.74, 6) is -0.724. The monoisotopic (exact) mass is 351 g/mol. The molecule has 0 heterocycles. The third-order valence-electron chi connectivity index (χ3n) is 3.04. The van der Waals surface area contributed by atoms with E-state index in [0.29, 0.717) is 6.42 Å². The Morgan fingerprint density at radius 1 is 1.13 bits per heavy atom. The maximum absolute atomic E-state index is 12.5. The molecule has 1 aliphatic rings. The lowest BCUT2D eigenvalue weighted by molar-refractivity contribution is -0.174. The van der Waals surface area contributed by atoms with Gasteiger partial charge in [0.2, 0.25) is 0 Å². The van der Waals surface area contributed by atoms with Crippen LogP contribution in [0, 0.1) is 0 Å². The molecule has 0 aliphatic heterocycles. The van der Waals surface area contributed by atoms with Crippen LogP contribution in [0.1, 0.15) is 54.4 Å². The fraction of sp³-hybridized carbons (Fsp3) is 0.857. The summed E-state index contributed by atoms with van der Waals surface area (Å²) in [6.07, 6.45) is -1.22. The molecule has 2 N–H and O–H groups in total. The summed E-state index contributed by atoms with van der Waals surface area (Å²) >= 11 is -2.56. The smallest absolute Gasteiger partial charge is 0.408 e. The van der Waals surface area contributed by atoms with Gasteiger partial charge in [-0.2, -0.15) is 4.21 Å². The van der Waals surface area contributed by atoms with Gasteiger partial charge in [-0.3, -0.25) is 8.74 Å². The van der Waals surface area contributed by atoms with Gasteiger partial charge in [0.05, 0.1) is 0 Å². The summed E-state index contributed by atoms with van der Waals surface area (Å²) < 4.78 is 35.1. The highest BCUT2D eigenvalue weighted by Crippen LogP contribution is 2.38. The van der Waals surface area contributed by atoms with E-state index < -0.39 is 46.3 Å². The van der Waals surface area contributed by atoms with Gasteiger partial charge in [0.25, 0.3) is 0 Å². The van der Waals surface area contributed by atoms with Gasteiger partial charge in [0.15, 0.2) is 5.54 Å². The highest BCUT2D eigenvalue weighted by molar-refractivity contribution is 7.74. The second kappa shape index (κ2) is 6.74. The average Bonchev–Trinajstić information content (AvgIpc) is 2.26. The molecule has 1 rings (SSSR count). The number of hydrogen-bond donors (Lipinski definition) is 2. The summed E-state index contributed by atoms with van der Waals surface area (Å²) in [7, 11) is 0. The van der Waals surface area contributed by atoms with Gasteiger partial charge < -0.3 is 14.8 Å². The van der Waals surface area contributed by atoms with Gasteiger partial charge in [0.1, 0.15) is 17.3 Å². The van der Waals surface area contributed by atoms with E-state index in [1.165, 1.54) is 0 Å². The van der Waals surface area contributed by atoms with E-state index in [2.05, 4.69) is 5.32 Å². The highest BCUT2D eigenvalue weighted by atomic mass is 32.2. The molecule has 1 aliphatic carbocycles. The molecule has 0 aromatic heterocycles. The van der Waals surface area contributed by atoms with Crippen LogP contribution in [0.15, 0.2) is 0 Å². The largest absolute Gasteiger partial charge is 0.458 e. The molecule has 3 atom stereocenters. The molecule has 0 aromatic rings. The number of nitrogens with one attached hydrogen (secondary N) is 1. The number of carbonyl (C=O) groups excluding carboxylic acids is 2. The average molecular weight is 351 g/mol. The van der Waals surface area contributed by atoms with Gasteiger partial charge in [-0.05, 0) is 54.4 Å². The van der Waals surface area contributed by atoms with E-state index >= 15 is 0 Å². The second-order valence-corrected chi connectivity index (χ2v) is 8.07. The van der Waals surface area contributed by atoms with Crippen molar-refractivity contribution < 1.29 is 32.0 Å². The Labute approximate surface area is 138 Å². The molecule has 2 unspecified atom stereocenters. The summed E-state index contributed by atoms with van der Waals surface area (Å²) in [6, 6.07) is 0. The van der Waals surface area contributed by atoms with Crippen molar-refractivity contribution in [2.24, 2.45) is 0 Å². The SMILES string of the molecule is CC(C)(C)OC(=O)N[C@@]1(C(=O)OC(C)(C)C)CCC1OS(=O)O. The minimum absolute atomic E-state index is 0.225. The lowest BCUT2D eigenvalue weighted by atomic mass is 9.73. The van der Waals surface area contributed by atoms with Crippen LogP contribution in [-0.4, -0.2) is 43.7 Å². The van der Waals surface area contributed by atoms with Crippen LogP contribution >= 0.6 is 0 Å². The maximum atomic E-state index is 12.5. The molecule has 0 saturated heterocycles. The van der Waals surface area contributed by atoms with Gasteiger partial charge in [-0.15, -0.1) is 0 Å². The predicted molar refractivity (Wildman–Crippen MR) is 82.8 cm³/mol. The van der Waals surface area contributed by atoms with Crippen molar-refractivity contribution in [2.75, 3.05) is 0 Å². The Morgan fingerprint density at radius 3 is 2.00 bits per heavy atom. The Balaban J connectivity index is 2.96. The lowest BCUT2D eigenvalue weighted by Gasteiger charge is -2.46. The number of alkyl carbamates (subject to hydrolysis) is 1. The van der Waals surface area contributed by atoms with Crippen molar-refractivity contribution in [3.63, 3.8) is 0 Å². The van der Waals surface area contributed by atoms with Crippen molar-refractivity contribution >= 4 is 23.4 Å². The van der Waals surface area contributed by atoms with E-state index in [1.807, 2.05) is 0 Å². The van der Waals surface area contributed by atoms with Crippen molar-refractivity contribution in [2.45, 2.75) is 77.2 Å². The van der Waals surface area contributed by atoms with Gasteiger partial charge in [-0.1, -0.05) is 0 Å². The Hall–Kier alpha value is -1.19. The zero-order valence-electron chi connectivity index (χ0n) is 14.3. The zero-order valence-corrected chi connectivity index (χ0v) is 15.1. The van der Waals surface area contributed by atoms with Crippen LogP contribution in [0.3, 0.4) is 0 Å². The lowest BCUT2D eigenvalue weighted by Crippen LogP contribution is -2.70. The fourth-order valence-corrected chi connectivity index (χ4v) is 2.52. The molecule has 1 saturated carbocycles. The molecule has 1 fully saturated rings. The van der Waals surface area contributed by atoms with E-state index in [1.54, 1.807) is 41.5 Å². The van der Waals surface area contributed by atoms with Crippen molar-refractivity contribution in [1.82, 2.24) is 5.32 Å². The van der Waals surface area contributed by atoms with Crippen LogP contribution in [0.4, 0.5) is 4.79 Å². The molecule has 0 aromatic carbocycles. The molecular formula is C14H25NO7S. The number of esters is 1. The van der Waals surface area contributed by atoms with Crippen LogP contribution in [0.5, 0.6) is 0 Å². The van der Waals surface area contributed by atoms with Crippen LogP contribution in [0.2, 0.25) is 0 Å². The highest BCUT2D eigenvalue weighted by Gasteiger charge is 2.58. The third-order valence-corrected chi connectivity index (χ3v) is 3.43. The molecule has 8 nitrogen and oxygen atoms in total. The van der Waals surface area contributed by atoms with Crippen LogP contribution in [-0.2, 0) is 29.8 Å². The quantitative estimate of drug-likeness (QED) is 0.588. The van der Waals surface area contributed by atoms with Gasteiger partial charge in [0, 0.05) is 0 Å². The van der Waals surface area contributed by atoms with E-state index in [-0.39, 0.29) is 6.42 Å². The molecule has 0 spiro atoms. The molecule has 23 heavy (non-hydrogen) atoms. The fourth-order valence-electron chi connectivity index (χ4n) is 2.06. The zero-order chi connectivity index (χ0) is 18.1. The third kappa shape index (κ3) is 5.74.